The van der Waals surface area contributed by atoms with E-state index in [1.165, 1.54) is 5.56 Å². The van der Waals surface area contributed by atoms with Gasteiger partial charge in [0.15, 0.2) is 0 Å². The second-order valence-electron chi connectivity index (χ2n) is 5.95. The van der Waals surface area contributed by atoms with Gasteiger partial charge >= 0.3 is 0 Å². The van der Waals surface area contributed by atoms with Crippen LogP contribution in [0.3, 0.4) is 0 Å². The van der Waals surface area contributed by atoms with Gasteiger partial charge < -0.3 is 0 Å². The maximum atomic E-state index is 5.70. The molecule has 0 saturated heterocycles. The molecule has 0 fully saturated rings. The van der Waals surface area contributed by atoms with Gasteiger partial charge in [0, 0.05) is 17.8 Å². The van der Waals surface area contributed by atoms with Gasteiger partial charge in [-0.25, -0.2) is 4.52 Å². The summed E-state index contributed by atoms with van der Waals surface area (Å²) in [5.41, 5.74) is 5.52. The van der Waals surface area contributed by atoms with Gasteiger partial charge in [-0.1, -0.05) is 26.8 Å². The fraction of sp³-hybridized carbons (Fsp3) is 0.500. The average molecular weight is 246 g/mol. The number of rotatable bonds is 4. The Bertz CT molecular complexity index is 510. The Balaban J connectivity index is 2.22. The molecule has 98 valence electrons. The molecule has 0 radical (unpaired) electrons. The molecule has 3 N–H and O–H groups in total. The van der Waals surface area contributed by atoms with Crippen LogP contribution < -0.4 is 11.3 Å². The van der Waals surface area contributed by atoms with Gasteiger partial charge in [-0.05, 0) is 30.4 Å². The van der Waals surface area contributed by atoms with Gasteiger partial charge in [0.1, 0.15) is 0 Å². The van der Waals surface area contributed by atoms with Crippen molar-refractivity contribution in [3.8, 4) is 0 Å². The van der Waals surface area contributed by atoms with Crippen LogP contribution in [0.25, 0.3) is 5.52 Å². The molecular formula is C14H22N4. The Labute approximate surface area is 108 Å². The highest BCUT2D eigenvalue weighted by Crippen LogP contribution is 2.28. The van der Waals surface area contributed by atoms with Gasteiger partial charge in [-0.15, -0.1) is 0 Å². The molecule has 0 spiro atoms. The molecule has 2 aromatic heterocycles. The van der Waals surface area contributed by atoms with Crippen LogP contribution in [-0.2, 0) is 0 Å². The van der Waals surface area contributed by atoms with Crippen molar-refractivity contribution in [3.63, 3.8) is 0 Å². The van der Waals surface area contributed by atoms with Crippen LogP contribution in [0, 0.1) is 5.41 Å². The smallest absolute Gasteiger partial charge is 0.0709 e. The Morgan fingerprint density at radius 1 is 1.39 bits per heavy atom. The molecule has 0 aliphatic carbocycles. The van der Waals surface area contributed by atoms with Crippen LogP contribution in [0.1, 0.15) is 45.2 Å². The molecular weight excluding hydrogens is 224 g/mol. The minimum atomic E-state index is 0.157. The van der Waals surface area contributed by atoms with Crippen LogP contribution in [-0.4, -0.2) is 9.61 Å². The number of fused-ring (bicyclic) bond motifs is 1. The van der Waals surface area contributed by atoms with E-state index in [0.29, 0.717) is 5.41 Å². The predicted octanol–water partition coefficient (Wildman–Crippen LogP) is 2.67. The maximum absolute atomic E-state index is 5.70. The Morgan fingerprint density at radius 2 is 2.17 bits per heavy atom. The first-order valence-corrected chi connectivity index (χ1v) is 6.40. The Morgan fingerprint density at radius 3 is 2.83 bits per heavy atom. The van der Waals surface area contributed by atoms with Crippen molar-refractivity contribution in [3.05, 3.63) is 36.2 Å². The molecule has 2 heterocycles. The summed E-state index contributed by atoms with van der Waals surface area (Å²) in [5.74, 6) is 5.70. The van der Waals surface area contributed by atoms with Crippen LogP contribution in [0.5, 0.6) is 0 Å². The number of hydrazine groups is 1. The summed E-state index contributed by atoms with van der Waals surface area (Å²) in [6, 6.07) is 6.23. The third kappa shape index (κ3) is 2.89. The van der Waals surface area contributed by atoms with Crippen LogP contribution in [0.2, 0.25) is 0 Å². The minimum absolute atomic E-state index is 0.157. The number of aromatic nitrogens is 2. The lowest BCUT2D eigenvalue weighted by Crippen LogP contribution is -2.28. The Hall–Kier alpha value is -1.39. The van der Waals surface area contributed by atoms with Crippen LogP contribution in [0.4, 0.5) is 0 Å². The highest BCUT2D eigenvalue weighted by atomic mass is 15.3. The van der Waals surface area contributed by atoms with Crippen molar-refractivity contribution in [2.45, 2.75) is 39.7 Å². The topological polar surface area (TPSA) is 55.3 Å². The zero-order chi connectivity index (χ0) is 13.2. The lowest BCUT2D eigenvalue weighted by atomic mass is 9.87. The normalized spacial score (nSPS) is 14.0. The molecule has 0 saturated carbocycles. The fourth-order valence-corrected chi connectivity index (χ4v) is 2.13. The molecule has 4 heteroatoms. The van der Waals surface area contributed by atoms with Crippen molar-refractivity contribution in [1.82, 2.24) is 15.0 Å². The Kier molecular flexibility index (Phi) is 3.68. The average Bonchev–Trinajstić information content (AvgIpc) is 2.73. The number of hydrogen-bond acceptors (Lipinski definition) is 3. The van der Waals surface area contributed by atoms with Crippen LogP contribution in [0.15, 0.2) is 30.6 Å². The first-order valence-electron chi connectivity index (χ1n) is 6.40. The molecule has 1 atom stereocenters. The summed E-state index contributed by atoms with van der Waals surface area (Å²) >= 11 is 0. The second kappa shape index (κ2) is 5.08. The zero-order valence-electron chi connectivity index (χ0n) is 11.4. The number of hydrogen-bond donors (Lipinski definition) is 2. The second-order valence-corrected chi connectivity index (χ2v) is 5.95. The van der Waals surface area contributed by atoms with E-state index in [2.05, 4.69) is 37.4 Å². The van der Waals surface area contributed by atoms with Gasteiger partial charge in [0.2, 0.25) is 0 Å². The highest BCUT2D eigenvalue weighted by molar-refractivity contribution is 5.54. The molecule has 4 nitrogen and oxygen atoms in total. The van der Waals surface area contributed by atoms with Crippen molar-refractivity contribution in [2.24, 2.45) is 11.3 Å². The molecule has 18 heavy (non-hydrogen) atoms. The van der Waals surface area contributed by atoms with E-state index in [4.69, 9.17) is 5.84 Å². The molecule has 1 unspecified atom stereocenters. The van der Waals surface area contributed by atoms with Gasteiger partial charge in [-0.2, -0.15) is 5.10 Å². The zero-order valence-corrected chi connectivity index (χ0v) is 11.4. The van der Waals surface area contributed by atoms with Crippen molar-refractivity contribution >= 4 is 5.52 Å². The minimum Gasteiger partial charge on any atom is -0.271 e. The molecule has 2 rings (SSSR count). The third-order valence-corrected chi connectivity index (χ3v) is 3.22. The fourth-order valence-electron chi connectivity index (χ4n) is 2.13. The lowest BCUT2D eigenvalue weighted by molar-refractivity contribution is 0.334. The molecule has 0 aliphatic rings. The lowest BCUT2D eigenvalue weighted by Gasteiger charge is -2.22. The summed E-state index contributed by atoms with van der Waals surface area (Å²) in [4.78, 5) is 0. The summed E-state index contributed by atoms with van der Waals surface area (Å²) in [7, 11) is 0. The van der Waals surface area contributed by atoms with Gasteiger partial charge in [0.25, 0.3) is 0 Å². The summed E-state index contributed by atoms with van der Waals surface area (Å²) < 4.78 is 1.89. The summed E-state index contributed by atoms with van der Waals surface area (Å²) in [6.45, 7) is 6.74. The number of nitrogens with one attached hydrogen (secondary N) is 1. The third-order valence-electron chi connectivity index (χ3n) is 3.22. The molecule has 0 bridgehead atoms. The first kappa shape index (κ1) is 13.1. The van der Waals surface area contributed by atoms with E-state index in [1.54, 1.807) is 0 Å². The SMILES string of the molecule is CC(C)(C)CCC(NN)c1cnn2ccccc12. The predicted molar refractivity (Wildman–Crippen MR) is 73.9 cm³/mol. The van der Waals surface area contributed by atoms with E-state index in [0.717, 1.165) is 18.4 Å². The van der Waals surface area contributed by atoms with E-state index < -0.39 is 0 Å². The molecule has 0 aliphatic heterocycles. The molecule has 0 amide bonds. The van der Waals surface area contributed by atoms with Crippen molar-refractivity contribution in [2.75, 3.05) is 0 Å². The monoisotopic (exact) mass is 246 g/mol. The number of nitrogens with two attached hydrogens (primary N) is 1. The van der Waals surface area contributed by atoms with E-state index >= 15 is 0 Å². The van der Waals surface area contributed by atoms with Crippen molar-refractivity contribution < 1.29 is 0 Å². The maximum Gasteiger partial charge on any atom is 0.0709 e. The van der Waals surface area contributed by atoms with E-state index in [-0.39, 0.29) is 6.04 Å². The van der Waals surface area contributed by atoms with Gasteiger partial charge in [0.05, 0.1) is 11.7 Å². The molecule has 0 aromatic carbocycles. The number of pyridine rings is 1. The first-order chi connectivity index (χ1) is 8.51. The standard InChI is InChI=1S/C14H22N4/c1-14(2,3)8-7-12(17-15)11-10-16-18-9-5-4-6-13(11)18/h4-6,9-10,12,17H,7-8,15H2,1-3H3. The summed E-state index contributed by atoms with van der Waals surface area (Å²) in [5, 5.41) is 4.35. The number of nitrogens with zero attached hydrogens (tertiary/aromatic N) is 2. The van der Waals surface area contributed by atoms with Gasteiger partial charge in [-0.3, -0.25) is 11.3 Å². The summed E-state index contributed by atoms with van der Waals surface area (Å²) in [6.07, 6.45) is 5.99. The van der Waals surface area contributed by atoms with Crippen LogP contribution >= 0.6 is 0 Å². The quantitative estimate of drug-likeness (QED) is 0.644. The van der Waals surface area contributed by atoms with Crippen molar-refractivity contribution in [1.29, 1.82) is 0 Å². The largest absolute Gasteiger partial charge is 0.271 e. The highest BCUT2D eigenvalue weighted by Gasteiger charge is 2.18. The van der Waals surface area contributed by atoms with E-state index in [1.807, 2.05) is 29.0 Å². The molecule has 2 aromatic rings. The van der Waals surface area contributed by atoms with E-state index in [9.17, 15) is 0 Å².